The van der Waals surface area contributed by atoms with Gasteiger partial charge in [-0.15, -0.1) is 0 Å². The first-order valence-corrected chi connectivity index (χ1v) is 16.6. The zero-order valence-electron chi connectivity index (χ0n) is 26.2. The van der Waals surface area contributed by atoms with Gasteiger partial charge in [0.15, 0.2) is 0 Å². The molecule has 1 amide bonds. The molecule has 0 spiro atoms. The van der Waals surface area contributed by atoms with E-state index < -0.39 is 26.6 Å². The monoisotopic (exact) mass is 596 g/mol. The van der Waals surface area contributed by atoms with Gasteiger partial charge in [0.25, 0.3) is 7.82 Å². The fourth-order valence-corrected chi connectivity index (χ4v) is 4.20. The molecule has 0 aromatic carbocycles. The highest BCUT2D eigenvalue weighted by molar-refractivity contribution is 7.45. The van der Waals surface area contributed by atoms with Crippen LogP contribution in [0.15, 0.2) is 60.8 Å². The molecule has 0 radical (unpaired) electrons. The topological polar surface area (TPSA) is 108 Å². The van der Waals surface area contributed by atoms with E-state index in [1.165, 1.54) is 0 Å². The first-order chi connectivity index (χ1) is 19.5. The third-order valence-corrected chi connectivity index (χ3v) is 6.95. The molecular weight excluding hydrogens is 539 g/mol. The van der Waals surface area contributed by atoms with Crippen LogP contribution in [0.25, 0.3) is 0 Å². The van der Waals surface area contributed by atoms with Crippen molar-refractivity contribution in [1.82, 2.24) is 5.32 Å². The van der Waals surface area contributed by atoms with E-state index >= 15 is 0 Å². The van der Waals surface area contributed by atoms with Gasteiger partial charge in [-0.1, -0.05) is 87.4 Å². The molecule has 0 fully saturated rings. The van der Waals surface area contributed by atoms with Crippen LogP contribution < -0.4 is 10.2 Å². The maximum absolute atomic E-state index is 12.6. The number of nitrogens with one attached hydrogen (secondary N) is 1. The average molecular weight is 597 g/mol. The lowest BCUT2D eigenvalue weighted by atomic mass is 10.1. The van der Waals surface area contributed by atoms with Crippen molar-refractivity contribution >= 4 is 13.7 Å². The van der Waals surface area contributed by atoms with Gasteiger partial charge in [0.2, 0.25) is 5.91 Å². The number of carbonyl (C=O) groups excluding carboxylic acids is 1. The Bertz CT molecular complexity index is 861. The molecule has 0 saturated carbocycles. The molecule has 0 heterocycles. The quantitative estimate of drug-likeness (QED) is 0.0566. The Kier molecular flexibility index (Phi) is 23.7. The standard InChI is InChI=1S/C32H57N2O6P/c1-6-8-10-12-13-14-15-16-17-18-19-20-21-22-24-26-32(36)33-30(31(35)25-23-11-9-7-2)29-40-41(37,38)39-28-27-34(3,4)5/h8,10,13-14,16-17,19-20,23,25,30-31,35H,6-7,9,11-12,15,18,21-22,24,26-29H2,1-5H3,(H-,33,36,37,38)/b10-8-,14-13-,17-16-,20-19-,25-23+. The molecule has 8 nitrogen and oxygen atoms in total. The van der Waals surface area contributed by atoms with Crippen molar-refractivity contribution in [3.8, 4) is 0 Å². The lowest BCUT2D eigenvalue weighted by Crippen LogP contribution is -2.45. The minimum atomic E-state index is -4.57. The molecular formula is C32H57N2O6P. The van der Waals surface area contributed by atoms with Crippen molar-refractivity contribution in [2.24, 2.45) is 0 Å². The van der Waals surface area contributed by atoms with E-state index in [4.69, 9.17) is 9.05 Å². The Morgan fingerprint density at radius 1 is 0.878 bits per heavy atom. The maximum atomic E-state index is 12.6. The van der Waals surface area contributed by atoms with Crippen LogP contribution in [0.1, 0.15) is 84.5 Å². The zero-order chi connectivity index (χ0) is 30.8. The van der Waals surface area contributed by atoms with Crippen LogP contribution in [-0.2, 0) is 18.4 Å². The number of hydrogen-bond acceptors (Lipinski definition) is 6. The van der Waals surface area contributed by atoms with Gasteiger partial charge in [0.05, 0.1) is 39.9 Å². The number of nitrogens with zero attached hydrogens (tertiary/aromatic N) is 1. The fourth-order valence-electron chi connectivity index (χ4n) is 3.48. The highest BCUT2D eigenvalue weighted by Crippen LogP contribution is 2.38. The van der Waals surface area contributed by atoms with Crippen LogP contribution in [0.4, 0.5) is 0 Å². The Morgan fingerprint density at radius 3 is 2.05 bits per heavy atom. The Morgan fingerprint density at radius 2 is 1.46 bits per heavy atom. The minimum absolute atomic E-state index is 0.0138. The lowest BCUT2D eigenvalue weighted by molar-refractivity contribution is -0.870. The van der Waals surface area contributed by atoms with E-state index in [-0.39, 0.29) is 18.9 Å². The molecule has 0 saturated heterocycles. The van der Waals surface area contributed by atoms with Crippen molar-refractivity contribution < 1.29 is 32.9 Å². The number of amides is 1. The van der Waals surface area contributed by atoms with Gasteiger partial charge in [-0.3, -0.25) is 9.36 Å². The second kappa shape index (κ2) is 24.8. The smallest absolute Gasteiger partial charge is 0.268 e. The predicted molar refractivity (Wildman–Crippen MR) is 168 cm³/mol. The van der Waals surface area contributed by atoms with E-state index in [1.807, 2.05) is 27.2 Å². The maximum Gasteiger partial charge on any atom is 0.268 e. The summed E-state index contributed by atoms with van der Waals surface area (Å²) in [7, 11) is 1.21. The number of phosphoric acid groups is 1. The van der Waals surface area contributed by atoms with Crippen LogP contribution in [-0.4, -0.2) is 68.5 Å². The average Bonchev–Trinajstić information content (AvgIpc) is 2.90. The Hall–Kier alpha value is -1.80. The van der Waals surface area contributed by atoms with Gasteiger partial charge < -0.3 is 28.8 Å². The number of aliphatic hydroxyl groups is 1. The third-order valence-electron chi connectivity index (χ3n) is 5.98. The first-order valence-electron chi connectivity index (χ1n) is 15.2. The first kappa shape index (κ1) is 39.2. The summed E-state index contributed by atoms with van der Waals surface area (Å²) in [5.74, 6) is -0.253. The lowest BCUT2D eigenvalue weighted by Gasteiger charge is -2.29. The molecule has 0 aromatic heterocycles. The van der Waals surface area contributed by atoms with Gasteiger partial charge in [0.1, 0.15) is 13.2 Å². The summed E-state index contributed by atoms with van der Waals surface area (Å²) in [6.45, 7) is 4.27. The van der Waals surface area contributed by atoms with Crippen molar-refractivity contribution in [1.29, 1.82) is 0 Å². The minimum Gasteiger partial charge on any atom is -0.756 e. The van der Waals surface area contributed by atoms with E-state index in [1.54, 1.807) is 6.08 Å². The molecule has 0 aliphatic rings. The number of hydrogen-bond donors (Lipinski definition) is 2. The largest absolute Gasteiger partial charge is 0.756 e. The normalized spacial score (nSPS) is 16.0. The molecule has 2 N–H and O–H groups in total. The summed E-state index contributed by atoms with van der Waals surface area (Å²) in [6.07, 6.45) is 29.0. The van der Waals surface area contributed by atoms with Crippen molar-refractivity contribution in [2.45, 2.75) is 96.6 Å². The van der Waals surface area contributed by atoms with Crippen LogP contribution in [0, 0.1) is 0 Å². The number of carbonyl (C=O) groups is 1. The van der Waals surface area contributed by atoms with Gasteiger partial charge in [0, 0.05) is 6.42 Å². The summed E-state index contributed by atoms with van der Waals surface area (Å²) in [5.41, 5.74) is 0. The number of likely N-dealkylation sites (N-methyl/N-ethyl adjacent to an activating group) is 1. The number of allylic oxidation sites excluding steroid dienone is 9. The molecule has 0 aliphatic heterocycles. The highest BCUT2D eigenvalue weighted by Gasteiger charge is 2.23. The van der Waals surface area contributed by atoms with Gasteiger partial charge in [-0.25, -0.2) is 0 Å². The van der Waals surface area contributed by atoms with Gasteiger partial charge in [-0.2, -0.15) is 0 Å². The summed E-state index contributed by atoms with van der Waals surface area (Å²) in [4.78, 5) is 24.8. The molecule has 0 aromatic rings. The molecule has 0 bridgehead atoms. The number of quaternary nitrogens is 1. The summed E-state index contributed by atoms with van der Waals surface area (Å²) < 4.78 is 22.7. The van der Waals surface area contributed by atoms with Crippen LogP contribution in [0.3, 0.4) is 0 Å². The van der Waals surface area contributed by atoms with Crippen molar-refractivity contribution in [3.05, 3.63) is 60.8 Å². The Labute approximate surface area is 250 Å². The second-order valence-electron chi connectivity index (χ2n) is 11.1. The van der Waals surface area contributed by atoms with Crippen molar-refractivity contribution in [2.75, 3.05) is 40.9 Å². The summed E-state index contributed by atoms with van der Waals surface area (Å²) in [5, 5.41) is 13.3. The van der Waals surface area contributed by atoms with Crippen LogP contribution in [0.2, 0.25) is 0 Å². The van der Waals surface area contributed by atoms with E-state index in [2.05, 4.69) is 67.8 Å². The fraction of sp³-hybridized carbons (Fsp3) is 0.656. The van der Waals surface area contributed by atoms with Crippen molar-refractivity contribution in [3.63, 3.8) is 0 Å². The van der Waals surface area contributed by atoms with Crippen LogP contribution >= 0.6 is 7.82 Å². The predicted octanol–water partition coefficient (Wildman–Crippen LogP) is 6.15. The number of unbranched alkanes of at least 4 members (excludes halogenated alkanes) is 4. The number of aliphatic hydroxyl groups excluding tert-OH is 1. The molecule has 3 unspecified atom stereocenters. The molecule has 236 valence electrons. The van der Waals surface area contributed by atoms with E-state index in [0.717, 1.165) is 57.8 Å². The van der Waals surface area contributed by atoms with Gasteiger partial charge >= 0.3 is 0 Å². The SMILES string of the molecule is CC/C=C\C/C=C\C/C=C\C/C=C\CCCCC(=O)NC(COP(=O)([O-])OCC[N+](C)(C)C)C(O)/C=C/CCCC. The molecule has 3 atom stereocenters. The third kappa shape index (κ3) is 26.8. The molecule has 0 rings (SSSR count). The van der Waals surface area contributed by atoms with Gasteiger partial charge in [-0.05, 0) is 51.4 Å². The second-order valence-corrected chi connectivity index (χ2v) is 12.5. The highest BCUT2D eigenvalue weighted by atomic mass is 31.2. The number of rotatable bonds is 25. The number of phosphoric ester groups is 1. The summed E-state index contributed by atoms with van der Waals surface area (Å²) in [6, 6.07) is -0.904. The zero-order valence-corrected chi connectivity index (χ0v) is 27.1. The van der Waals surface area contributed by atoms with E-state index in [9.17, 15) is 19.4 Å². The summed E-state index contributed by atoms with van der Waals surface area (Å²) >= 11 is 0. The molecule has 0 aliphatic carbocycles. The van der Waals surface area contributed by atoms with Crippen LogP contribution in [0.5, 0.6) is 0 Å². The van der Waals surface area contributed by atoms with E-state index in [0.29, 0.717) is 17.4 Å². The Balaban J connectivity index is 4.52. The molecule has 9 heteroatoms. The molecule has 41 heavy (non-hydrogen) atoms.